The highest BCUT2D eigenvalue weighted by Gasteiger charge is 2.06. The van der Waals surface area contributed by atoms with E-state index in [4.69, 9.17) is 18.9 Å². The lowest BCUT2D eigenvalue weighted by molar-refractivity contribution is -0.140. The summed E-state index contributed by atoms with van der Waals surface area (Å²) in [5, 5.41) is 0. The maximum absolute atomic E-state index is 5.55. The fourth-order valence-electron chi connectivity index (χ4n) is 2.35. The first-order chi connectivity index (χ1) is 11.3. The third kappa shape index (κ3) is 17.6. The molecule has 0 aliphatic heterocycles. The standard InChI is InChI=1S/C19H38O4/c1-4-20-18-21-17-15-13-11-9-7-8-10-12-14-16-19(22-5-2)23-6-3/h15,17,19H,4-14,16,18H2,1-3H3. The van der Waals surface area contributed by atoms with Crippen molar-refractivity contribution >= 4 is 0 Å². The predicted octanol–water partition coefficient (Wildman–Crippen LogP) is 5.42. The van der Waals surface area contributed by atoms with Crippen molar-refractivity contribution in [3.63, 3.8) is 0 Å². The lowest BCUT2D eigenvalue weighted by Gasteiger charge is -2.16. The monoisotopic (exact) mass is 330 g/mol. The molecule has 0 bridgehead atoms. The van der Waals surface area contributed by atoms with Gasteiger partial charge >= 0.3 is 0 Å². The predicted molar refractivity (Wildman–Crippen MR) is 95.3 cm³/mol. The Kier molecular flexibility index (Phi) is 19.0. The molecule has 0 saturated heterocycles. The van der Waals surface area contributed by atoms with Crippen LogP contribution in [0.25, 0.3) is 0 Å². The molecule has 0 heterocycles. The van der Waals surface area contributed by atoms with Gasteiger partial charge in [-0.1, -0.05) is 32.1 Å². The number of rotatable bonds is 18. The second kappa shape index (κ2) is 19.5. The average Bonchev–Trinajstić information content (AvgIpc) is 2.55. The number of allylic oxidation sites excluding steroid dienone is 1. The molecule has 0 atom stereocenters. The van der Waals surface area contributed by atoms with Crippen LogP contribution < -0.4 is 0 Å². The fourth-order valence-corrected chi connectivity index (χ4v) is 2.35. The van der Waals surface area contributed by atoms with E-state index in [2.05, 4.69) is 6.08 Å². The summed E-state index contributed by atoms with van der Waals surface area (Å²) in [5.74, 6) is 0. The van der Waals surface area contributed by atoms with Crippen molar-refractivity contribution < 1.29 is 18.9 Å². The Morgan fingerprint density at radius 2 is 1.35 bits per heavy atom. The van der Waals surface area contributed by atoms with Crippen LogP contribution in [0, 0.1) is 0 Å². The third-order valence-corrected chi connectivity index (χ3v) is 3.56. The molecule has 0 aromatic heterocycles. The second-order valence-electron chi connectivity index (χ2n) is 5.54. The zero-order valence-electron chi connectivity index (χ0n) is 15.6. The lowest BCUT2D eigenvalue weighted by atomic mass is 10.1. The van der Waals surface area contributed by atoms with Crippen molar-refractivity contribution in [1.82, 2.24) is 0 Å². The first-order valence-electron chi connectivity index (χ1n) is 9.42. The Balaban J connectivity index is 3.23. The molecule has 0 unspecified atom stereocenters. The van der Waals surface area contributed by atoms with Gasteiger partial charge in [0.25, 0.3) is 0 Å². The van der Waals surface area contributed by atoms with E-state index >= 15 is 0 Å². The van der Waals surface area contributed by atoms with Gasteiger partial charge in [0.15, 0.2) is 13.1 Å². The Morgan fingerprint density at radius 1 is 0.739 bits per heavy atom. The highest BCUT2D eigenvalue weighted by atomic mass is 16.7. The van der Waals surface area contributed by atoms with Crippen molar-refractivity contribution in [2.75, 3.05) is 26.6 Å². The molecule has 0 saturated carbocycles. The maximum Gasteiger partial charge on any atom is 0.188 e. The average molecular weight is 331 g/mol. The zero-order chi connectivity index (χ0) is 17.0. The van der Waals surface area contributed by atoms with Gasteiger partial charge in [-0.05, 0) is 52.5 Å². The quantitative estimate of drug-likeness (QED) is 0.191. The maximum atomic E-state index is 5.55. The van der Waals surface area contributed by atoms with Crippen LogP contribution in [0.2, 0.25) is 0 Å². The van der Waals surface area contributed by atoms with Crippen molar-refractivity contribution in [1.29, 1.82) is 0 Å². The third-order valence-electron chi connectivity index (χ3n) is 3.56. The molecule has 138 valence electrons. The second-order valence-corrected chi connectivity index (χ2v) is 5.54. The molecule has 0 aromatic rings. The highest BCUT2D eigenvalue weighted by molar-refractivity contribution is 4.72. The summed E-state index contributed by atoms with van der Waals surface area (Å²) in [5.41, 5.74) is 0. The first kappa shape index (κ1) is 22.4. The van der Waals surface area contributed by atoms with Gasteiger partial charge in [0.05, 0.1) is 6.26 Å². The number of unbranched alkanes of at least 4 members (excludes halogenated alkanes) is 7. The molecule has 4 nitrogen and oxygen atoms in total. The SMILES string of the molecule is CCOCOC=CCCCCCCCCCC(OCC)OCC. The van der Waals surface area contributed by atoms with Crippen LogP contribution in [0.4, 0.5) is 0 Å². The Hall–Kier alpha value is -0.580. The van der Waals surface area contributed by atoms with Crippen molar-refractivity contribution in [2.45, 2.75) is 84.8 Å². The largest absolute Gasteiger partial charge is 0.475 e. The molecule has 0 aromatic carbocycles. The van der Waals surface area contributed by atoms with E-state index in [0.717, 1.165) is 26.1 Å². The van der Waals surface area contributed by atoms with Crippen LogP contribution in [-0.2, 0) is 18.9 Å². The van der Waals surface area contributed by atoms with Crippen LogP contribution >= 0.6 is 0 Å². The number of hydrogen-bond donors (Lipinski definition) is 0. The van der Waals surface area contributed by atoms with E-state index in [1.165, 1.54) is 44.9 Å². The van der Waals surface area contributed by atoms with E-state index in [1.807, 2.05) is 20.8 Å². The van der Waals surface area contributed by atoms with Crippen molar-refractivity contribution in [3.8, 4) is 0 Å². The van der Waals surface area contributed by atoms with Gasteiger partial charge in [-0.2, -0.15) is 0 Å². The van der Waals surface area contributed by atoms with Crippen LogP contribution in [0.15, 0.2) is 12.3 Å². The molecule has 4 heteroatoms. The molecule has 23 heavy (non-hydrogen) atoms. The summed E-state index contributed by atoms with van der Waals surface area (Å²) in [6.07, 6.45) is 15.0. The minimum absolute atomic E-state index is 0.00160. The van der Waals surface area contributed by atoms with Gasteiger partial charge in [-0.25, -0.2) is 0 Å². The van der Waals surface area contributed by atoms with Gasteiger partial charge in [0, 0.05) is 19.8 Å². The summed E-state index contributed by atoms with van der Waals surface area (Å²) in [6, 6.07) is 0. The normalized spacial score (nSPS) is 11.7. The first-order valence-corrected chi connectivity index (χ1v) is 9.42. The van der Waals surface area contributed by atoms with Crippen LogP contribution in [0.5, 0.6) is 0 Å². The molecule has 0 aliphatic carbocycles. The Bertz CT molecular complexity index is 238. The van der Waals surface area contributed by atoms with Gasteiger partial charge in [0.1, 0.15) is 0 Å². The van der Waals surface area contributed by atoms with Crippen LogP contribution in [0.3, 0.4) is 0 Å². The van der Waals surface area contributed by atoms with Crippen LogP contribution in [-0.4, -0.2) is 32.9 Å². The molecule has 0 spiro atoms. The summed E-state index contributed by atoms with van der Waals surface area (Å²) in [7, 11) is 0. The molecule has 0 amide bonds. The van der Waals surface area contributed by atoms with E-state index in [9.17, 15) is 0 Å². The van der Waals surface area contributed by atoms with Gasteiger partial charge in [-0.15, -0.1) is 0 Å². The molecule has 0 N–H and O–H groups in total. The topological polar surface area (TPSA) is 36.9 Å². The summed E-state index contributed by atoms with van der Waals surface area (Å²) < 4.78 is 21.4. The molecule has 0 aliphatic rings. The lowest BCUT2D eigenvalue weighted by Crippen LogP contribution is -2.17. The summed E-state index contributed by atoms with van der Waals surface area (Å²) in [6.45, 7) is 8.53. The van der Waals surface area contributed by atoms with E-state index < -0.39 is 0 Å². The Morgan fingerprint density at radius 3 is 1.96 bits per heavy atom. The summed E-state index contributed by atoms with van der Waals surface area (Å²) in [4.78, 5) is 0. The smallest absolute Gasteiger partial charge is 0.188 e. The number of ether oxygens (including phenoxy) is 4. The minimum atomic E-state index is 0.00160. The minimum Gasteiger partial charge on any atom is -0.475 e. The van der Waals surface area contributed by atoms with Gasteiger partial charge in [0.2, 0.25) is 0 Å². The zero-order valence-corrected chi connectivity index (χ0v) is 15.6. The van der Waals surface area contributed by atoms with E-state index in [-0.39, 0.29) is 6.29 Å². The molecular formula is C19H38O4. The van der Waals surface area contributed by atoms with Crippen LogP contribution in [0.1, 0.15) is 78.6 Å². The van der Waals surface area contributed by atoms with E-state index in [1.54, 1.807) is 6.26 Å². The Labute approximate surface area is 143 Å². The molecular weight excluding hydrogens is 292 g/mol. The number of hydrogen-bond acceptors (Lipinski definition) is 4. The molecule has 0 radical (unpaired) electrons. The van der Waals surface area contributed by atoms with Gasteiger partial charge in [-0.3, -0.25) is 0 Å². The highest BCUT2D eigenvalue weighted by Crippen LogP contribution is 2.12. The summed E-state index contributed by atoms with van der Waals surface area (Å²) >= 11 is 0. The van der Waals surface area contributed by atoms with Gasteiger partial charge < -0.3 is 18.9 Å². The van der Waals surface area contributed by atoms with E-state index in [0.29, 0.717) is 13.4 Å². The molecule has 0 rings (SSSR count). The van der Waals surface area contributed by atoms with Crippen molar-refractivity contribution in [2.24, 2.45) is 0 Å². The molecule has 0 fully saturated rings. The fraction of sp³-hybridized carbons (Fsp3) is 0.895. The van der Waals surface area contributed by atoms with Crippen molar-refractivity contribution in [3.05, 3.63) is 12.3 Å².